The number of amides is 1. The summed E-state index contributed by atoms with van der Waals surface area (Å²) in [5, 5.41) is 1.07. The highest BCUT2D eigenvalue weighted by molar-refractivity contribution is 5.88. The zero-order valence-corrected chi connectivity index (χ0v) is 16.4. The summed E-state index contributed by atoms with van der Waals surface area (Å²) in [7, 11) is 0. The van der Waals surface area contributed by atoms with Crippen molar-refractivity contribution >= 4 is 29.3 Å². The highest BCUT2D eigenvalue weighted by atomic mass is 35.5. The highest BCUT2D eigenvalue weighted by Gasteiger charge is 2.34. The van der Waals surface area contributed by atoms with Crippen LogP contribution in [0.3, 0.4) is 0 Å². The second-order valence-electron chi connectivity index (χ2n) is 7.88. The summed E-state index contributed by atoms with van der Waals surface area (Å²) in [6.07, 6.45) is 3.12. The van der Waals surface area contributed by atoms with Crippen molar-refractivity contribution in [1.82, 2.24) is 4.90 Å². The Kier molecular flexibility index (Phi) is 5.85. The largest absolute Gasteiger partial charge is 0.464 e. The summed E-state index contributed by atoms with van der Waals surface area (Å²) < 4.78 is 5.70. The van der Waals surface area contributed by atoms with Gasteiger partial charge in [0.1, 0.15) is 5.58 Å². The minimum atomic E-state index is 0. The van der Waals surface area contributed by atoms with Crippen LogP contribution in [0, 0.1) is 12.3 Å². The number of carbonyl (C=O) groups is 1. The standard InChI is InChI=1S/C20H28N2O2.ClH/c1-13(2)16-9-17-15(10-24-18(17)7-14(16)3)8-19(23)22-6-5-20(4,11-21)12-22;/h7,9-10,13H,5-6,8,11-12,21H2,1-4H3;1H. The molecule has 1 atom stereocenters. The molecule has 1 amide bonds. The van der Waals surface area contributed by atoms with Crippen molar-refractivity contribution in [3.05, 3.63) is 35.1 Å². The minimum absolute atomic E-state index is 0. The number of nitrogens with two attached hydrogens (primary N) is 1. The van der Waals surface area contributed by atoms with Gasteiger partial charge in [-0.25, -0.2) is 0 Å². The number of carbonyl (C=O) groups excluding carboxylic acids is 1. The first-order valence-corrected chi connectivity index (χ1v) is 8.81. The zero-order chi connectivity index (χ0) is 17.5. The number of benzene rings is 1. The molecule has 1 aromatic carbocycles. The van der Waals surface area contributed by atoms with Crippen LogP contribution in [0.2, 0.25) is 0 Å². The fourth-order valence-electron chi connectivity index (χ4n) is 3.68. The number of fused-ring (bicyclic) bond motifs is 1. The Morgan fingerprint density at radius 3 is 2.72 bits per heavy atom. The van der Waals surface area contributed by atoms with Crippen LogP contribution in [0.5, 0.6) is 0 Å². The van der Waals surface area contributed by atoms with Gasteiger partial charge in [-0.2, -0.15) is 0 Å². The number of hydrogen-bond donors (Lipinski definition) is 1. The molecule has 1 aliphatic heterocycles. The fraction of sp³-hybridized carbons (Fsp3) is 0.550. The van der Waals surface area contributed by atoms with E-state index in [9.17, 15) is 4.79 Å². The maximum atomic E-state index is 12.7. The first-order chi connectivity index (χ1) is 11.3. The fourth-order valence-corrected chi connectivity index (χ4v) is 3.68. The third kappa shape index (κ3) is 3.85. The van der Waals surface area contributed by atoms with Gasteiger partial charge < -0.3 is 15.1 Å². The van der Waals surface area contributed by atoms with Gasteiger partial charge >= 0.3 is 0 Å². The van der Waals surface area contributed by atoms with Crippen LogP contribution < -0.4 is 5.73 Å². The lowest BCUT2D eigenvalue weighted by atomic mass is 9.90. The third-order valence-corrected chi connectivity index (χ3v) is 5.41. The molecule has 1 aromatic heterocycles. The topological polar surface area (TPSA) is 59.5 Å². The molecular weight excluding hydrogens is 336 g/mol. The van der Waals surface area contributed by atoms with Gasteiger partial charge in [0.2, 0.25) is 5.91 Å². The van der Waals surface area contributed by atoms with Gasteiger partial charge in [-0.05, 0) is 54.5 Å². The molecular formula is C20H29ClN2O2. The molecule has 138 valence electrons. The number of nitrogens with zero attached hydrogens (tertiary/aromatic N) is 1. The van der Waals surface area contributed by atoms with E-state index in [1.807, 2.05) is 4.90 Å². The first kappa shape index (κ1) is 19.8. The number of hydrogen-bond acceptors (Lipinski definition) is 3. The van der Waals surface area contributed by atoms with Crippen LogP contribution >= 0.6 is 12.4 Å². The van der Waals surface area contributed by atoms with Crippen molar-refractivity contribution < 1.29 is 9.21 Å². The summed E-state index contributed by atoms with van der Waals surface area (Å²) in [6, 6.07) is 4.27. The lowest BCUT2D eigenvalue weighted by Crippen LogP contribution is -2.35. The van der Waals surface area contributed by atoms with Crippen molar-refractivity contribution in [2.75, 3.05) is 19.6 Å². The Labute approximate surface area is 156 Å². The minimum Gasteiger partial charge on any atom is -0.464 e. The van der Waals surface area contributed by atoms with Gasteiger partial charge in [-0.3, -0.25) is 4.79 Å². The molecule has 25 heavy (non-hydrogen) atoms. The first-order valence-electron chi connectivity index (χ1n) is 8.81. The monoisotopic (exact) mass is 364 g/mol. The lowest BCUT2D eigenvalue weighted by molar-refractivity contribution is -0.129. The van der Waals surface area contributed by atoms with Gasteiger partial charge in [0.25, 0.3) is 0 Å². The summed E-state index contributed by atoms with van der Waals surface area (Å²) >= 11 is 0. The number of halogens is 1. The number of likely N-dealkylation sites (tertiary alicyclic amines) is 1. The SMILES string of the molecule is Cc1cc2occ(CC(=O)N3CCC(C)(CN)C3)c2cc1C(C)C.Cl. The van der Waals surface area contributed by atoms with Gasteiger partial charge in [-0.1, -0.05) is 20.8 Å². The molecule has 0 aliphatic carbocycles. The van der Waals surface area contributed by atoms with Crippen LogP contribution in [0.4, 0.5) is 0 Å². The van der Waals surface area contributed by atoms with Crippen molar-refractivity contribution in [2.24, 2.45) is 11.1 Å². The normalized spacial score (nSPS) is 20.3. The van der Waals surface area contributed by atoms with Gasteiger partial charge in [0, 0.05) is 24.0 Å². The number of furan rings is 1. The zero-order valence-electron chi connectivity index (χ0n) is 15.6. The molecule has 0 saturated carbocycles. The maximum absolute atomic E-state index is 12.7. The summed E-state index contributed by atoms with van der Waals surface area (Å²) in [5.41, 5.74) is 10.3. The second-order valence-corrected chi connectivity index (χ2v) is 7.88. The molecule has 0 radical (unpaired) electrons. The molecule has 1 saturated heterocycles. The van der Waals surface area contributed by atoms with Gasteiger partial charge in [0.05, 0.1) is 12.7 Å². The molecule has 1 fully saturated rings. The summed E-state index contributed by atoms with van der Waals surface area (Å²) in [6.45, 7) is 10.8. The van der Waals surface area contributed by atoms with Crippen molar-refractivity contribution in [1.29, 1.82) is 0 Å². The van der Waals surface area contributed by atoms with Crippen LogP contribution in [0.1, 0.15) is 49.8 Å². The average Bonchev–Trinajstić information content (AvgIpc) is 3.11. The Morgan fingerprint density at radius 2 is 2.12 bits per heavy atom. The smallest absolute Gasteiger partial charge is 0.227 e. The van der Waals surface area contributed by atoms with E-state index >= 15 is 0 Å². The van der Waals surface area contributed by atoms with E-state index < -0.39 is 0 Å². The number of rotatable bonds is 4. The molecule has 0 bridgehead atoms. The lowest BCUT2D eigenvalue weighted by Gasteiger charge is -2.22. The second kappa shape index (κ2) is 7.38. The van der Waals surface area contributed by atoms with E-state index in [4.69, 9.17) is 10.2 Å². The van der Waals surface area contributed by atoms with E-state index in [1.54, 1.807) is 6.26 Å². The van der Waals surface area contributed by atoms with Gasteiger partial charge in [0.15, 0.2) is 0 Å². The highest BCUT2D eigenvalue weighted by Crippen LogP contribution is 2.31. The Bertz CT molecular complexity index is 768. The van der Waals surface area contributed by atoms with Crippen LogP contribution in [0.25, 0.3) is 11.0 Å². The van der Waals surface area contributed by atoms with E-state index in [1.165, 1.54) is 11.1 Å². The van der Waals surface area contributed by atoms with E-state index in [-0.39, 0.29) is 23.7 Å². The molecule has 5 heteroatoms. The van der Waals surface area contributed by atoms with Crippen LogP contribution in [-0.2, 0) is 11.2 Å². The van der Waals surface area contributed by atoms with Crippen molar-refractivity contribution in [2.45, 2.75) is 46.5 Å². The van der Waals surface area contributed by atoms with E-state index in [0.717, 1.165) is 36.0 Å². The Morgan fingerprint density at radius 1 is 1.40 bits per heavy atom. The van der Waals surface area contributed by atoms with Crippen LogP contribution in [0.15, 0.2) is 22.8 Å². The van der Waals surface area contributed by atoms with E-state index in [2.05, 4.69) is 39.8 Å². The summed E-state index contributed by atoms with van der Waals surface area (Å²) in [4.78, 5) is 14.6. The van der Waals surface area contributed by atoms with Crippen molar-refractivity contribution in [3.63, 3.8) is 0 Å². The van der Waals surface area contributed by atoms with Crippen molar-refractivity contribution in [3.8, 4) is 0 Å². The molecule has 0 spiro atoms. The quantitative estimate of drug-likeness (QED) is 0.891. The molecule has 1 unspecified atom stereocenters. The predicted octanol–water partition coefficient (Wildman–Crippen LogP) is 4.03. The van der Waals surface area contributed by atoms with E-state index in [0.29, 0.717) is 18.9 Å². The maximum Gasteiger partial charge on any atom is 0.227 e. The Hall–Kier alpha value is -1.52. The van der Waals surface area contributed by atoms with Gasteiger partial charge in [-0.15, -0.1) is 12.4 Å². The molecule has 2 N–H and O–H groups in total. The number of aryl methyl sites for hydroxylation is 1. The third-order valence-electron chi connectivity index (χ3n) is 5.41. The predicted molar refractivity (Wildman–Crippen MR) is 104 cm³/mol. The Balaban J connectivity index is 0.00000225. The van der Waals surface area contributed by atoms with Crippen LogP contribution in [-0.4, -0.2) is 30.4 Å². The summed E-state index contributed by atoms with van der Waals surface area (Å²) in [5.74, 6) is 0.623. The average molecular weight is 365 g/mol. The molecule has 4 nitrogen and oxygen atoms in total. The molecule has 3 rings (SSSR count). The molecule has 2 heterocycles. The molecule has 1 aliphatic rings. The molecule has 2 aromatic rings.